The average Bonchev–Trinajstić information content (AvgIpc) is 3.22. The Labute approximate surface area is 159 Å². The van der Waals surface area contributed by atoms with E-state index in [0.717, 1.165) is 53.4 Å². The Morgan fingerprint density at radius 3 is 2.78 bits per heavy atom. The van der Waals surface area contributed by atoms with Crippen molar-refractivity contribution < 1.29 is 4.79 Å². The number of aromatic amines is 1. The lowest BCUT2D eigenvalue weighted by atomic mass is 9.96. The Morgan fingerprint density at radius 1 is 1.22 bits per heavy atom. The molecule has 0 saturated carbocycles. The maximum Gasteiger partial charge on any atom is 0.256 e. The topological polar surface area (TPSA) is 61.0 Å². The van der Waals surface area contributed by atoms with Crippen molar-refractivity contribution in [2.45, 2.75) is 33.1 Å². The fraction of sp³-hybridized carbons (Fsp3) is 0.364. The Balaban J connectivity index is 1.70. The molecule has 2 aliphatic rings. The first-order valence-corrected chi connectivity index (χ1v) is 9.51. The van der Waals surface area contributed by atoms with Crippen LogP contribution in [-0.4, -0.2) is 40.4 Å². The number of carbonyl (C=O) groups is 1. The van der Waals surface area contributed by atoms with Gasteiger partial charge in [-0.1, -0.05) is 24.3 Å². The molecule has 1 aromatic heterocycles. The van der Waals surface area contributed by atoms with Crippen LogP contribution in [0, 0.1) is 25.7 Å². The van der Waals surface area contributed by atoms with Crippen LogP contribution >= 0.6 is 0 Å². The van der Waals surface area contributed by atoms with E-state index in [9.17, 15) is 4.79 Å². The Kier molecular flexibility index (Phi) is 4.83. The molecule has 0 bridgehead atoms. The number of aryl methyl sites for hydroxylation is 2. The van der Waals surface area contributed by atoms with E-state index in [2.05, 4.69) is 32.0 Å². The summed E-state index contributed by atoms with van der Waals surface area (Å²) in [6.45, 7) is 7.03. The minimum absolute atomic E-state index is 0.0999. The van der Waals surface area contributed by atoms with E-state index in [4.69, 9.17) is 0 Å². The van der Waals surface area contributed by atoms with Crippen molar-refractivity contribution >= 4 is 23.2 Å². The molecule has 1 saturated heterocycles. The molecule has 5 heteroatoms. The van der Waals surface area contributed by atoms with Crippen molar-refractivity contribution in [1.82, 2.24) is 14.9 Å². The largest absolute Gasteiger partial charge is 0.348 e. The molecule has 0 spiro atoms. The minimum atomic E-state index is -0.0999. The summed E-state index contributed by atoms with van der Waals surface area (Å²) in [7, 11) is 0. The zero-order valence-corrected chi connectivity index (χ0v) is 15.9. The van der Waals surface area contributed by atoms with Gasteiger partial charge in [-0.3, -0.25) is 9.69 Å². The molecular formula is C22H24N4O. The van der Waals surface area contributed by atoms with Gasteiger partial charge >= 0.3 is 0 Å². The van der Waals surface area contributed by atoms with Gasteiger partial charge in [0.25, 0.3) is 5.91 Å². The second kappa shape index (κ2) is 7.42. The quantitative estimate of drug-likeness (QED) is 0.638. The number of H-pyrrole nitrogens is 1. The number of aromatic nitrogens is 2. The zero-order chi connectivity index (χ0) is 18.8. The molecule has 0 aliphatic carbocycles. The number of hydrogen-bond donors (Lipinski definition) is 2. The van der Waals surface area contributed by atoms with Crippen LogP contribution in [-0.2, 0) is 4.79 Å². The summed E-state index contributed by atoms with van der Waals surface area (Å²) in [5.41, 5.74) is 6.09. The summed E-state index contributed by atoms with van der Waals surface area (Å²) in [5, 5.41) is 2.96. The van der Waals surface area contributed by atoms with Gasteiger partial charge in [-0.25, -0.2) is 4.98 Å². The molecule has 2 aliphatic heterocycles. The van der Waals surface area contributed by atoms with E-state index in [1.807, 2.05) is 32.1 Å². The molecule has 2 N–H and O–H groups in total. The molecular weight excluding hydrogens is 336 g/mol. The molecule has 0 radical (unpaired) electrons. The first kappa shape index (κ1) is 17.6. The molecule has 1 aromatic carbocycles. The van der Waals surface area contributed by atoms with Gasteiger partial charge in [0.15, 0.2) is 0 Å². The zero-order valence-electron chi connectivity index (χ0n) is 15.9. The van der Waals surface area contributed by atoms with Crippen molar-refractivity contribution in [2.75, 3.05) is 25.0 Å². The molecule has 3 heterocycles. The highest BCUT2D eigenvalue weighted by Crippen LogP contribution is 2.37. The third-order valence-corrected chi connectivity index (χ3v) is 5.29. The first-order chi connectivity index (χ1) is 13.1. The van der Waals surface area contributed by atoms with E-state index in [0.29, 0.717) is 5.57 Å². The Bertz CT molecular complexity index is 968. The maximum absolute atomic E-state index is 12.6. The SMILES string of the molecule is Cc1ccc2c(c1C#CCN1CCCCC1)/C(=C/c1nc[nH]c1C)C(=O)N2. The normalized spacial score (nSPS) is 18.1. The summed E-state index contributed by atoms with van der Waals surface area (Å²) < 4.78 is 0. The molecule has 1 fully saturated rings. The minimum Gasteiger partial charge on any atom is -0.348 e. The van der Waals surface area contributed by atoms with Gasteiger partial charge in [0.05, 0.1) is 29.8 Å². The number of hydrogen-bond acceptors (Lipinski definition) is 3. The van der Waals surface area contributed by atoms with E-state index in [1.54, 1.807) is 6.33 Å². The van der Waals surface area contributed by atoms with Crippen LogP contribution < -0.4 is 5.32 Å². The standard InChI is InChI=1S/C22H24N4O/c1-15-8-9-19-21(17(15)7-6-12-26-10-4-3-5-11-26)18(22(27)25-19)13-20-16(2)23-14-24-20/h8-9,13-14H,3-5,10-12H2,1-2H3,(H,23,24)(H,25,27)/b18-13-. The molecule has 0 unspecified atom stereocenters. The lowest BCUT2D eigenvalue weighted by Crippen LogP contribution is -2.29. The van der Waals surface area contributed by atoms with Crippen molar-refractivity contribution in [3.63, 3.8) is 0 Å². The fourth-order valence-corrected chi connectivity index (χ4v) is 3.70. The number of benzene rings is 1. The molecule has 4 rings (SSSR count). The Morgan fingerprint density at radius 2 is 2.04 bits per heavy atom. The molecule has 1 amide bonds. The van der Waals surface area contributed by atoms with Gasteiger partial charge in [-0.2, -0.15) is 0 Å². The summed E-state index contributed by atoms with van der Waals surface area (Å²) >= 11 is 0. The number of anilines is 1. The monoisotopic (exact) mass is 360 g/mol. The number of amides is 1. The number of fused-ring (bicyclic) bond motifs is 1. The highest BCUT2D eigenvalue weighted by molar-refractivity contribution is 6.35. The van der Waals surface area contributed by atoms with Crippen LogP contribution in [0.3, 0.4) is 0 Å². The number of nitrogens with one attached hydrogen (secondary N) is 2. The predicted molar refractivity (Wildman–Crippen MR) is 108 cm³/mol. The van der Waals surface area contributed by atoms with Crippen LogP contribution in [0.25, 0.3) is 11.6 Å². The van der Waals surface area contributed by atoms with Gasteiger partial charge in [0.1, 0.15) is 0 Å². The second-order valence-corrected chi connectivity index (χ2v) is 7.24. The number of imidazole rings is 1. The van der Waals surface area contributed by atoms with Crippen LogP contribution in [0.2, 0.25) is 0 Å². The maximum atomic E-state index is 12.6. The van der Waals surface area contributed by atoms with E-state index < -0.39 is 0 Å². The van der Waals surface area contributed by atoms with Crippen LogP contribution in [0.4, 0.5) is 5.69 Å². The number of carbonyl (C=O) groups excluding carboxylic acids is 1. The van der Waals surface area contributed by atoms with E-state index >= 15 is 0 Å². The van der Waals surface area contributed by atoms with Crippen molar-refractivity contribution in [3.05, 3.63) is 46.5 Å². The third-order valence-electron chi connectivity index (χ3n) is 5.29. The predicted octanol–water partition coefficient (Wildman–Crippen LogP) is 3.36. The fourth-order valence-electron chi connectivity index (χ4n) is 3.70. The van der Waals surface area contributed by atoms with Crippen LogP contribution in [0.15, 0.2) is 18.5 Å². The summed E-state index contributed by atoms with van der Waals surface area (Å²) in [6.07, 6.45) is 7.34. The number of nitrogens with zero attached hydrogens (tertiary/aromatic N) is 2. The number of rotatable bonds is 2. The molecule has 2 aromatic rings. The molecule has 27 heavy (non-hydrogen) atoms. The van der Waals surface area contributed by atoms with Gasteiger partial charge in [0.2, 0.25) is 0 Å². The summed E-state index contributed by atoms with van der Waals surface area (Å²) in [6, 6.07) is 3.98. The van der Waals surface area contributed by atoms with Gasteiger partial charge in [0, 0.05) is 16.8 Å². The van der Waals surface area contributed by atoms with Crippen LogP contribution in [0.1, 0.15) is 47.3 Å². The summed E-state index contributed by atoms with van der Waals surface area (Å²) in [5.74, 6) is 6.59. The smallest absolute Gasteiger partial charge is 0.256 e. The first-order valence-electron chi connectivity index (χ1n) is 9.51. The number of piperidine rings is 1. The molecule has 5 nitrogen and oxygen atoms in total. The van der Waals surface area contributed by atoms with E-state index in [-0.39, 0.29) is 5.91 Å². The molecule has 138 valence electrons. The lowest BCUT2D eigenvalue weighted by molar-refractivity contribution is -0.110. The van der Waals surface area contributed by atoms with Crippen LogP contribution in [0.5, 0.6) is 0 Å². The van der Waals surface area contributed by atoms with Crippen molar-refractivity contribution in [2.24, 2.45) is 0 Å². The van der Waals surface area contributed by atoms with Crippen molar-refractivity contribution in [1.29, 1.82) is 0 Å². The highest BCUT2D eigenvalue weighted by atomic mass is 16.2. The third kappa shape index (κ3) is 3.54. The van der Waals surface area contributed by atoms with Gasteiger partial charge in [-0.15, -0.1) is 0 Å². The molecule has 0 atom stereocenters. The van der Waals surface area contributed by atoms with E-state index in [1.165, 1.54) is 19.3 Å². The highest BCUT2D eigenvalue weighted by Gasteiger charge is 2.27. The van der Waals surface area contributed by atoms with Gasteiger partial charge < -0.3 is 10.3 Å². The second-order valence-electron chi connectivity index (χ2n) is 7.24. The Hall–Kier alpha value is -2.84. The van der Waals surface area contributed by atoms with Crippen molar-refractivity contribution in [3.8, 4) is 11.8 Å². The summed E-state index contributed by atoms with van der Waals surface area (Å²) in [4.78, 5) is 22.3. The number of likely N-dealkylation sites (tertiary alicyclic amines) is 1. The lowest BCUT2D eigenvalue weighted by Gasteiger charge is -2.23. The van der Waals surface area contributed by atoms with Gasteiger partial charge in [-0.05, 0) is 57.5 Å². The average molecular weight is 360 g/mol.